The van der Waals surface area contributed by atoms with Gasteiger partial charge in [0.15, 0.2) is 0 Å². The first-order chi connectivity index (χ1) is 9.97. The predicted molar refractivity (Wildman–Crippen MR) is 83.5 cm³/mol. The maximum Gasteiger partial charge on any atom is 0.338 e. The van der Waals surface area contributed by atoms with E-state index in [0.717, 1.165) is 0 Å². The van der Waals surface area contributed by atoms with Gasteiger partial charge >= 0.3 is 11.9 Å². The van der Waals surface area contributed by atoms with Gasteiger partial charge in [-0.25, -0.2) is 9.59 Å². The highest BCUT2D eigenvalue weighted by Gasteiger charge is 2.16. The van der Waals surface area contributed by atoms with Crippen molar-refractivity contribution in [3.05, 3.63) is 47.0 Å². The van der Waals surface area contributed by atoms with Crippen molar-refractivity contribution in [1.29, 1.82) is 0 Å². The normalized spacial score (nSPS) is 9.00. The first-order valence-corrected chi connectivity index (χ1v) is 6.86. The smallest absolute Gasteiger partial charge is 0.338 e. The minimum absolute atomic E-state index is 0.210. The number of benzene rings is 1. The molecule has 21 heavy (non-hydrogen) atoms. The highest BCUT2D eigenvalue weighted by molar-refractivity contribution is 6.02. The molecule has 4 heteroatoms. The lowest BCUT2D eigenvalue weighted by atomic mass is 10.1. The Morgan fingerprint density at radius 3 is 1.67 bits per heavy atom. The summed E-state index contributed by atoms with van der Waals surface area (Å²) in [5.41, 5.74) is 1.85. The van der Waals surface area contributed by atoms with E-state index in [1.165, 1.54) is 44.8 Å². The van der Waals surface area contributed by atoms with Crippen LogP contribution in [0, 0.1) is 0 Å². The predicted octanol–water partition coefficient (Wildman–Crippen LogP) is 4.01. The SMILES string of the molecule is CCCC=C(C)C.COC(=O)c1ccccc1C(=O)OC. The Morgan fingerprint density at radius 2 is 1.43 bits per heavy atom. The van der Waals surface area contributed by atoms with Crippen LogP contribution in [0.2, 0.25) is 0 Å². The van der Waals surface area contributed by atoms with E-state index in [1.54, 1.807) is 12.1 Å². The van der Waals surface area contributed by atoms with Crippen LogP contribution < -0.4 is 0 Å². The number of methoxy groups -OCH3 is 2. The van der Waals surface area contributed by atoms with Gasteiger partial charge in [0.1, 0.15) is 0 Å². The maximum absolute atomic E-state index is 11.2. The minimum Gasteiger partial charge on any atom is -0.465 e. The minimum atomic E-state index is -0.550. The zero-order valence-electron chi connectivity index (χ0n) is 13.4. The standard InChI is InChI=1S/C10H10O4.C7H14/c1-13-9(11)7-5-3-4-6-8(7)10(12)14-2;1-4-5-6-7(2)3/h3-6H,1-2H3;6H,4-5H2,1-3H3. The van der Waals surface area contributed by atoms with Gasteiger partial charge in [-0.15, -0.1) is 0 Å². The van der Waals surface area contributed by atoms with Crippen LogP contribution in [0.25, 0.3) is 0 Å². The van der Waals surface area contributed by atoms with E-state index in [0.29, 0.717) is 0 Å². The summed E-state index contributed by atoms with van der Waals surface area (Å²) in [6.07, 6.45) is 4.77. The molecule has 0 aliphatic carbocycles. The number of ether oxygens (including phenoxy) is 2. The van der Waals surface area contributed by atoms with Gasteiger partial charge in [0.05, 0.1) is 25.3 Å². The van der Waals surface area contributed by atoms with Crippen molar-refractivity contribution in [2.45, 2.75) is 33.6 Å². The van der Waals surface area contributed by atoms with Crippen molar-refractivity contribution in [2.24, 2.45) is 0 Å². The van der Waals surface area contributed by atoms with Crippen molar-refractivity contribution in [3.63, 3.8) is 0 Å². The molecule has 1 aromatic carbocycles. The number of hydrogen-bond acceptors (Lipinski definition) is 4. The van der Waals surface area contributed by atoms with E-state index >= 15 is 0 Å². The summed E-state index contributed by atoms with van der Waals surface area (Å²) in [4.78, 5) is 22.4. The Kier molecular flexibility index (Phi) is 9.59. The third-order valence-corrected chi connectivity index (χ3v) is 2.58. The second-order valence-electron chi connectivity index (χ2n) is 4.60. The molecule has 0 amide bonds. The summed E-state index contributed by atoms with van der Waals surface area (Å²) in [6.45, 7) is 6.46. The van der Waals surface area contributed by atoms with Gasteiger partial charge < -0.3 is 9.47 Å². The second-order valence-corrected chi connectivity index (χ2v) is 4.60. The molecule has 0 aliphatic heterocycles. The number of unbranched alkanes of at least 4 members (excludes halogenated alkanes) is 1. The van der Waals surface area contributed by atoms with Gasteiger partial charge in [-0.2, -0.15) is 0 Å². The molecule has 0 atom stereocenters. The quantitative estimate of drug-likeness (QED) is 0.621. The van der Waals surface area contributed by atoms with Crippen LogP contribution in [0.1, 0.15) is 54.3 Å². The van der Waals surface area contributed by atoms with E-state index in [-0.39, 0.29) is 11.1 Å². The van der Waals surface area contributed by atoms with E-state index in [4.69, 9.17) is 0 Å². The molecule has 0 saturated heterocycles. The zero-order chi connectivity index (χ0) is 16.3. The average Bonchev–Trinajstić information content (AvgIpc) is 2.51. The molecule has 0 spiro atoms. The van der Waals surface area contributed by atoms with Gasteiger partial charge in [0.25, 0.3) is 0 Å². The molecule has 0 bridgehead atoms. The highest BCUT2D eigenvalue weighted by atomic mass is 16.5. The molecular weight excluding hydrogens is 268 g/mol. The van der Waals surface area contributed by atoms with Gasteiger partial charge in [-0.05, 0) is 32.4 Å². The van der Waals surface area contributed by atoms with E-state index in [2.05, 4.69) is 36.3 Å². The lowest BCUT2D eigenvalue weighted by Gasteiger charge is -2.04. The molecule has 0 unspecified atom stereocenters. The molecule has 4 nitrogen and oxygen atoms in total. The molecule has 0 radical (unpaired) electrons. The van der Waals surface area contributed by atoms with Gasteiger partial charge in [-0.3, -0.25) is 0 Å². The summed E-state index contributed by atoms with van der Waals surface area (Å²) < 4.78 is 9.05. The summed E-state index contributed by atoms with van der Waals surface area (Å²) in [7, 11) is 2.52. The number of allylic oxidation sites excluding steroid dienone is 2. The number of carbonyl (C=O) groups excluding carboxylic acids is 2. The van der Waals surface area contributed by atoms with E-state index in [1.807, 2.05) is 0 Å². The summed E-state index contributed by atoms with van der Waals surface area (Å²) in [6, 6.07) is 6.33. The first kappa shape index (κ1) is 18.9. The Labute approximate surface area is 126 Å². The fraction of sp³-hybridized carbons (Fsp3) is 0.412. The summed E-state index contributed by atoms with van der Waals surface area (Å²) in [5, 5.41) is 0. The first-order valence-electron chi connectivity index (χ1n) is 6.86. The highest BCUT2D eigenvalue weighted by Crippen LogP contribution is 2.10. The lowest BCUT2D eigenvalue weighted by Crippen LogP contribution is -2.11. The zero-order valence-corrected chi connectivity index (χ0v) is 13.4. The van der Waals surface area contributed by atoms with E-state index < -0.39 is 11.9 Å². The second kappa shape index (κ2) is 10.7. The number of hydrogen-bond donors (Lipinski definition) is 0. The molecule has 1 rings (SSSR count). The molecule has 0 fully saturated rings. The molecule has 1 aromatic rings. The number of esters is 2. The molecular formula is C17H24O4. The fourth-order valence-corrected chi connectivity index (χ4v) is 1.49. The monoisotopic (exact) mass is 292 g/mol. The van der Waals surface area contributed by atoms with E-state index in [9.17, 15) is 9.59 Å². The van der Waals surface area contributed by atoms with Crippen molar-refractivity contribution in [1.82, 2.24) is 0 Å². The maximum atomic E-state index is 11.2. The third kappa shape index (κ3) is 7.30. The van der Waals surface area contributed by atoms with Crippen molar-refractivity contribution in [3.8, 4) is 0 Å². The number of rotatable bonds is 4. The lowest BCUT2D eigenvalue weighted by molar-refractivity contribution is 0.0555. The number of carbonyl (C=O) groups is 2. The summed E-state index contributed by atoms with van der Waals surface area (Å²) in [5.74, 6) is -1.10. The average molecular weight is 292 g/mol. The fourth-order valence-electron chi connectivity index (χ4n) is 1.49. The van der Waals surface area contributed by atoms with Crippen LogP contribution in [-0.4, -0.2) is 26.2 Å². The molecule has 0 heterocycles. The van der Waals surface area contributed by atoms with Crippen LogP contribution in [0.5, 0.6) is 0 Å². The Hall–Kier alpha value is -2.10. The topological polar surface area (TPSA) is 52.6 Å². The van der Waals surface area contributed by atoms with Gasteiger partial charge in [0.2, 0.25) is 0 Å². The Bertz CT molecular complexity index is 450. The van der Waals surface area contributed by atoms with Crippen molar-refractivity contribution in [2.75, 3.05) is 14.2 Å². The largest absolute Gasteiger partial charge is 0.465 e. The Morgan fingerprint density at radius 1 is 1.00 bits per heavy atom. The van der Waals surface area contributed by atoms with Gasteiger partial charge in [0, 0.05) is 0 Å². The van der Waals surface area contributed by atoms with Crippen LogP contribution in [0.15, 0.2) is 35.9 Å². The third-order valence-electron chi connectivity index (χ3n) is 2.58. The van der Waals surface area contributed by atoms with Gasteiger partial charge in [-0.1, -0.05) is 37.1 Å². The van der Waals surface area contributed by atoms with Crippen LogP contribution in [-0.2, 0) is 9.47 Å². The van der Waals surface area contributed by atoms with Crippen LogP contribution in [0.3, 0.4) is 0 Å². The van der Waals surface area contributed by atoms with Crippen molar-refractivity contribution >= 4 is 11.9 Å². The molecule has 0 aromatic heterocycles. The van der Waals surface area contributed by atoms with Crippen LogP contribution >= 0.6 is 0 Å². The molecule has 0 saturated carbocycles. The Balaban J connectivity index is 0.000000486. The molecule has 0 N–H and O–H groups in total. The van der Waals surface area contributed by atoms with Crippen molar-refractivity contribution < 1.29 is 19.1 Å². The van der Waals surface area contributed by atoms with Crippen LogP contribution in [0.4, 0.5) is 0 Å². The molecule has 116 valence electrons. The molecule has 0 aliphatic rings. The summed E-state index contributed by atoms with van der Waals surface area (Å²) >= 11 is 0.